The van der Waals surface area contributed by atoms with E-state index in [0.717, 1.165) is 0 Å². The topological polar surface area (TPSA) is 103 Å². The van der Waals surface area contributed by atoms with Crippen LogP contribution in [0.3, 0.4) is 0 Å². The van der Waals surface area contributed by atoms with Crippen molar-refractivity contribution in [2.75, 3.05) is 26.4 Å². The Kier molecular flexibility index (Phi) is 8.97. The number of carbonyl (C=O) groups excluding carboxylic acids is 3. The maximum Gasteiger partial charge on any atom is 0.338 e. The number of ether oxygens (including phenoxy) is 3. The molecule has 26 heavy (non-hydrogen) atoms. The average Bonchev–Trinajstić information content (AvgIpc) is 2.59. The second-order valence-corrected chi connectivity index (χ2v) is 5.60. The molecule has 0 aromatic heterocycles. The minimum Gasteiger partial charge on any atom is -0.490 e. The Labute approximate surface area is 153 Å². The van der Waals surface area contributed by atoms with E-state index in [1.54, 1.807) is 6.07 Å². The van der Waals surface area contributed by atoms with Crippen molar-refractivity contribution >= 4 is 17.8 Å². The molecule has 0 atom stereocenters. The lowest BCUT2D eigenvalue weighted by Crippen LogP contribution is -2.41. The largest absolute Gasteiger partial charge is 0.490 e. The first-order valence-electron chi connectivity index (χ1n) is 8.50. The molecule has 0 aliphatic carbocycles. The molecule has 2 amide bonds. The first-order chi connectivity index (χ1) is 12.4. The maximum atomic E-state index is 12.1. The molecule has 8 nitrogen and oxygen atoms in total. The predicted octanol–water partition coefficient (Wildman–Crippen LogP) is 1.28. The standard InChI is InChI=1S/C18H26N2O6/c1-5-24-14-8-7-13(9-15(14)25-6-2)18(23)26-11-17(22)19-10-16(21)20-12(3)4/h7-9,12H,5-6,10-11H2,1-4H3,(H,19,22)(H,20,21). The number of hydrogen-bond donors (Lipinski definition) is 2. The second-order valence-electron chi connectivity index (χ2n) is 5.60. The fourth-order valence-corrected chi connectivity index (χ4v) is 2.00. The Balaban J connectivity index is 2.55. The van der Waals surface area contributed by atoms with Crippen LogP contribution in [0.4, 0.5) is 0 Å². The molecular weight excluding hydrogens is 340 g/mol. The Morgan fingerprint density at radius 1 is 1.00 bits per heavy atom. The number of esters is 1. The smallest absolute Gasteiger partial charge is 0.338 e. The van der Waals surface area contributed by atoms with Gasteiger partial charge in [-0.05, 0) is 45.9 Å². The number of hydrogen-bond acceptors (Lipinski definition) is 6. The lowest BCUT2D eigenvalue weighted by molar-refractivity contribution is -0.128. The molecule has 0 heterocycles. The van der Waals surface area contributed by atoms with Crippen molar-refractivity contribution in [3.63, 3.8) is 0 Å². The van der Waals surface area contributed by atoms with Gasteiger partial charge in [0, 0.05) is 6.04 Å². The quantitative estimate of drug-likeness (QED) is 0.605. The maximum absolute atomic E-state index is 12.1. The number of benzene rings is 1. The van der Waals surface area contributed by atoms with Crippen LogP contribution in [-0.2, 0) is 14.3 Å². The van der Waals surface area contributed by atoms with Crippen LogP contribution in [0.1, 0.15) is 38.1 Å². The minimum absolute atomic E-state index is 0.0172. The van der Waals surface area contributed by atoms with Crippen LogP contribution in [-0.4, -0.2) is 50.2 Å². The average molecular weight is 366 g/mol. The zero-order valence-corrected chi connectivity index (χ0v) is 15.6. The van der Waals surface area contributed by atoms with Crippen molar-refractivity contribution in [1.82, 2.24) is 10.6 Å². The van der Waals surface area contributed by atoms with Gasteiger partial charge in [0.25, 0.3) is 5.91 Å². The van der Waals surface area contributed by atoms with Gasteiger partial charge < -0.3 is 24.8 Å². The van der Waals surface area contributed by atoms with E-state index >= 15 is 0 Å². The van der Waals surface area contributed by atoms with E-state index in [0.29, 0.717) is 24.7 Å². The van der Waals surface area contributed by atoms with Crippen LogP contribution in [0.5, 0.6) is 11.5 Å². The highest BCUT2D eigenvalue weighted by Crippen LogP contribution is 2.28. The van der Waals surface area contributed by atoms with Crippen LogP contribution in [0.15, 0.2) is 18.2 Å². The number of nitrogens with one attached hydrogen (secondary N) is 2. The van der Waals surface area contributed by atoms with E-state index in [9.17, 15) is 14.4 Å². The molecule has 0 spiro atoms. The summed E-state index contributed by atoms with van der Waals surface area (Å²) in [5, 5.41) is 5.01. The van der Waals surface area contributed by atoms with Gasteiger partial charge in [0.2, 0.25) is 5.91 Å². The number of rotatable bonds is 10. The molecule has 0 fully saturated rings. The van der Waals surface area contributed by atoms with Gasteiger partial charge in [0.05, 0.1) is 25.3 Å². The molecule has 0 radical (unpaired) electrons. The normalized spacial score (nSPS) is 10.2. The summed E-state index contributed by atoms with van der Waals surface area (Å²) in [5.41, 5.74) is 0.238. The highest BCUT2D eigenvalue weighted by molar-refractivity contribution is 5.92. The molecule has 0 saturated heterocycles. The molecule has 1 rings (SSSR count). The third-order valence-corrected chi connectivity index (χ3v) is 3.01. The summed E-state index contributed by atoms with van der Waals surface area (Å²) in [6, 6.07) is 4.63. The minimum atomic E-state index is -0.671. The van der Waals surface area contributed by atoms with Gasteiger partial charge in [-0.1, -0.05) is 0 Å². The van der Waals surface area contributed by atoms with Gasteiger partial charge in [0.15, 0.2) is 18.1 Å². The summed E-state index contributed by atoms with van der Waals surface area (Å²) in [5.74, 6) is -0.588. The Morgan fingerprint density at radius 2 is 1.65 bits per heavy atom. The highest BCUT2D eigenvalue weighted by Gasteiger charge is 2.14. The van der Waals surface area contributed by atoms with Crippen molar-refractivity contribution < 1.29 is 28.6 Å². The summed E-state index contributed by atoms with van der Waals surface area (Å²) in [7, 11) is 0. The molecule has 0 aliphatic rings. The molecule has 2 N–H and O–H groups in total. The van der Waals surface area contributed by atoms with Gasteiger partial charge in [-0.2, -0.15) is 0 Å². The van der Waals surface area contributed by atoms with Gasteiger partial charge >= 0.3 is 5.97 Å². The Hall–Kier alpha value is -2.77. The molecular formula is C18H26N2O6. The molecule has 8 heteroatoms. The lowest BCUT2D eigenvalue weighted by Gasteiger charge is -2.12. The number of amides is 2. The van der Waals surface area contributed by atoms with Crippen LogP contribution in [0.2, 0.25) is 0 Å². The van der Waals surface area contributed by atoms with Crippen molar-refractivity contribution in [3.8, 4) is 11.5 Å². The molecule has 0 unspecified atom stereocenters. The lowest BCUT2D eigenvalue weighted by atomic mass is 10.2. The molecule has 0 bridgehead atoms. The van der Waals surface area contributed by atoms with Gasteiger partial charge in [-0.25, -0.2) is 4.79 Å². The van der Waals surface area contributed by atoms with Gasteiger partial charge in [0.1, 0.15) is 0 Å². The predicted molar refractivity (Wildman–Crippen MR) is 95.4 cm³/mol. The van der Waals surface area contributed by atoms with E-state index in [1.807, 2.05) is 27.7 Å². The van der Waals surface area contributed by atoms with Crippen molar-refractivity contribution in [3.05, 3.63) is 23.8 Å². The van der Waals surface area contributed by atoms with Crippen molar-refractivity contribution in [2.45, 2.75) is 33.7 Å². The summed E-state index contributed by atoms with van der Waals surface area (Å²) in [6.45, 7) is 7.52. The molecule has 0 aliphatic heterocycles. The first kappa shape index (κ1) is 21.3. The van der Waals surface area contributed by atoms with E-state index in [4.69, 9.17) is 14.2 Å². The fourth-order valence-electron chi connectivity index (χ4n) is 2.00. The molecule has 144 valence electrons. The Bertz CT molecular complexity index is 630. The van der Waals surface area contributed by atoms with Crippen molar-refractivity contribution in [2.24, 2.45) is 0 Å². The van der Waals surface area contributed by atoms with Crippen LogP contribution >= 0.6 is 0 Å². The zero-order chi connectivity index (χ0) is 19.5. The third-order valence-electron chi connectivity index (χ3n) is 3.01. The monoisotopic (exact) mass is 366 g/mol. The van der Waals surface area contributed by atoms with Gasteiger partial charge in [-0.15, -0.1) is 0 Å². The SMILES string of the molecule is CCOc1ccc(C(=O)OCC(=O)NCC(=O)NC(C)C)cc1OCC. The third kappa shape index (κ3) is 7.42. The van der Waals surface area contributed by atoms with Crippen LogP contribution in [0.25, 0.3) is 0 Å². The Morgan fingerprint density at radius 3 is 2.27 bits per heavy atom. The first-order valence-corrected chi connectivity index (χ1v) is 8.50. The second kappa shape index (κ2) is 11.0. The van der Waals surface area contributed by atoms with Crippen LogP contribution < -0.4 is 20.1 Å². The highest BCUT2D eigenvalue weighted by atomic mass is 16.5. The van der Waals surface area contributed by atoms with Crippen LogP contribution in [0, 0.1) is 0 Å². The van der Waals surface area contributed by atoms with Gasteiger partial charge in [-0.3, -0.25) is 9.59 Å². The molecule has 1 aromatic rings. The molecule has 1 aromatic carbocycles. The van der Waals surface area contributed by atoms with E-state index in [2.05, 4.69) is 10.6 Å². The van der Waals surface area contributed by atoms with E-state index in [1.165, 1.54) is 12.1 Å². The summed E-state index contributed by atoms with van der Waals surface area (Å²) < 4.78 is 15.8. The molecule has 0 saturated carbocycles. The summed E-state index contributed by atoms with van der Waals surface area (Å²) in [6.07, 6.45) is 0. The fraction of sp³-hybridized carbons (Fsp3) is 0.500. The summed E-state index contributed by atoms with van der Waals surface area (Å²) >= 11 is 0. The van der Waals surface area contributed by atoms with Crippen molar-refractivity contribution in [1.29, 1.82) is 0 Å². The zero-order valence-electron chi connectivity index (χ0n) is 15.6. The van der Waals surface area contributed by atoms with E-state index in [-0.39, 0.29) is 24.1 Å². The summed E-state index contributed by atoms with van der Waals surface area (Å²) in [4.78, 5) is 35.2. The van der Waals surface area contributed by atoms with E-state index < -0.39 is 18.5 Å². The number of carbonyl (C=O) groups is 3.